The molecule has 9 heteroatoms. The fourth-order valence-electron chi connectivity index (χ4n) is 3.78. The third-order valence-corrected chi connectivity index (χ3v) is 10.0. The molecule has 0 saturated carbocycles. The molecule has 2 heterocycles. The molecule has 0 atom stereocenters. The zero-order valence-electron chi connectivity index (χ0n) is 20.9. The van der Waals surface area contributed by atoms with E-state index < -0.39 is 43.9 Å². The molecular weight excluding hydrogens is 535 g/mol. The molecule has 2 rings (SSSR count). The summed E-state index contributed by atoms with van der Waals surface area (Å²) in [5.74, 6) is -3.05. The SMILES string of the molecule is CC(C)CC1=C(CC(C)C)C(=O)[O][Sn]2([O]C1=O)[O]C(=O)C(CC(C)C)=C(CC(C)C)C(=O)[O]2. The van der Waals surface area contributed by atoms with E-state index in [4.69, 9.17) is 12.3 Å². The maximum atomic E-state index is 13.1. The monoisotopic (exact) mass is 572 g/mol. The number of rotatable bonds is 8. The van der Waals surface area contributed by atoms with Gasteiger partial charge in [0.1, 0.15) is 0 Å². The van der Waals surface area contributed by atoms with Gasteiger partial charge in [-0.05, 0) is 0 Å². The van der Waals surface area contributed by atoms with E-state index in [2.05, 4.69) is 0 Å². The molecule has 2 aliphatic rings. The Morgan fingerprint density at radius 1 is 0.455 bits per heavy atom. The van der Waals surface area contributed by atoms with Gasteiger partial charge in [-0.2, -0.15) is 0 Å². The van der Waals surface area contributed by atoms with Gasteiger partial charge >= 0.3 is 202 Å². The second kappa shape index (κ2) is 11.1. The zero-order chi connectivity index (χ0) is 25.1. The van der Waals surface area contributed by atoms with Crippen molar-refractivity contribution in [1.82, 2.24) is 0 Å². The molecule has 8 nitrogen and oxygen atoms in total. The molecule has 0 aromatic rings. The summed E-state index contributed by atoms with van der Waals surface area (Å²) in [4.78, 5) is 52.6. The molecule has 0 saturated heterocycles. The Morgan fingerprint density at radius 3 is 0.788 bits per heavy atom. The molecule has 184 valence electrons. The Balaban J connectivity index is 2.52. The molecule has 0 aromatic carbocycles. The van der Waals surface area contributed by atoms with Gasteiger partial charge in [-0.1, -0.05) is 0 Å². The average molecular weight is 571 g/mol. The van der Waals surface area contributed by atoms with Gasteiger partial charge in [-0.15, -0.1) is 0 Å². The van der Waals surface area contributed by atoms with Gasteiger partial charge in [0.15, 0.2) is 0 Å². The first-order chi connectivity index (χ1) is 15.2. The first-order valence-corrected chi connectivity index (χ1v) is 16.3. The molecule has 0 N–H and O–H groups in total. The van der Waals surface area contributed by atoms with Gasteiger partial charge in [-0.3, -0.25) is 0 Å². The molecule has 2 aliphatic heterocycles. The summed E-state index contributed by atoms with van der Waals surface area (Å²) in [6.45, 7) is 15.3. The van der Waals surface area contributed by atoms with Crippen LogP contribution in [0.2, 0.25) is 0 Å². The van der Waals surface area contributed by atoms with E-state index in [1.54, 1.807) is 0 Å². The Morgan fingerprint density at radius 2 is 0.636 bits per heavy atom. The van der Waals surface area contributed by atoms with E-state index >= 15 is 0 Å². The molecule has 0 amide bonds. The van der Waals surface area contributed by atoms with E-state index in [-0.39, 0.29) is 71.6 Å². The molecule has 0 bridgehead atoms. The molecule has 0 radical (unpaired) electrons. The van der Waals surface area contributed by atoms with Gasteiger partial charge in [0, 0.05) is 0 Å². The van der Waals surface area contributed by atoms with Crippen LogP contribution in [0.15, 0.2) is 22.3 Å². The summed E-state index contributed by atoms with van der Waals surface area (Å²) < 4.78 is 22.1. The molecule has 33 heavy (non-hydrogen) atoms. The van der Waals surface area contributed by atoms with E-state index in [1.165, 1.54) is 0 Å². The number of hydrogen-bond acceptors (Lipinski definition) is 8. The minimum absolute atomic E-state index is 0.0583. The second-order valence-corrected chi connectivity index (χ2v) is 15.5. The van der Waals surface area contributed by atoms with Crippen molar-refractivity contribution >= 4 is 43.9 Å². The van der Waals surface area contributed by atoms with Crippen molar-refractivity contribution in [3.05, 3.63) is 22.3 Å². The van der Waals surface area contributed by atoms with Crippen LogP contribution in [0, 0.1) is 23.7 Å². The van der Waals surface area contributed by atoms with Gasteiger partial charge < -0.3 is 0 Å². The van der Waals surface area contributed by atoms with E-state index in [0.29, 0.717) is 0 Å². The van der Waals surface area contributed by atoms with Crippen molar-refractivity contribution in [3.8, 4) is 0 Å². The Hall–Kier alpha value is -1.84. The Labute approximate surface area is 202 Å². The van der Waals surface area contributed by atoms with Crippen LogP contribution in [0.5, 0.6) is 0 Å². The molecular formula is C24H36O8Sn. The van der Waals surface area contributed by atoms with Crippen LogP contribution in [-0.2, 0) is 31.5 Å². The maximum absolute atomic E-state index is 13.1. The van der Waals surface area contributed by atoms with E-state index in [1.807, 2.05) is 55.4 Å². The predicted molar refractivity (Wildman–Crippen MR) is 122 cm³/mol. The van der Waals surface area contributed by atoms with Crippen LogP contribution in [0.4, 0.5) is 0 Å². The first kappa shape index (κ1) is 27.4. The first-order valence-electron chi connectivity index (χ1n) is 11.6. The summed E-state index contributed by atoms with van der Waals surface area (Å²) in [7, 11) is 0. The van der Waals surface area contributed by atoms with Gasteiger partial charge in [0.2, 0.25) is 0 Å². The quantitative estimate of drug-likeness (QED) is 0.395. The molecule has 0 aliphatic carbocycles. The summed E-state index contributed by atoms with van der Waals surface area (Å²) in [5.41, 5.74) is 0.746. The van der Waals surface area contributed by atoms with Gasteiger partial charge in [0.25, 0.3) is 0 Å². The van der Waals surface area contributed by atoms with Crippen molar-refractivity contribution in [1.29, 1.82) is 0 Å². The second-order valence-electron chi connectivity index (χ2n) is 10.4. The molecule has 0 fully saturated rings. The van der Waals surface area contributed by atoms with Crippen molar-refractivity contribution in [2.24, 2.45) is 23.7 Å². The zero-order valence-corrected chi connectivity index (χ0v) is 23.8. The van der Waals surface area contributed by atoms with Crippen LogP contribution >= 0.6 is 0 Å². The Kier molecular flexibility index (Phi) is 9.18. The van der Waals surface area contributed by atoms with Crippen LogP contribution in [-0.4, -0.2) is 43.9 Å². The summed E-state index contributed by atoms with van der Waals surface area (Å²) in [6.07, 6.45) is 1.15. The molecule has 0 aromatic heterocycles. The third kappa shape index (κ3) is 7.07. The van der Waals surface area contributed by atoms with Crippen molar-refractivity contribution in [2.75, 3.05) is 0 Å². The van der Waals surface area contributed by atoms with E-state index in [9.17, 15) is 19.2 Å². The van der Waals surface area contributed by atoms with Crippen LogP contribution in [0.1, 0.15) is 81.1 Å². The molecule has 1 spiro atoms. The average Bonchev–Trinajstić information content (AvgIpc) is 2.78. The van der Waals surface area contributed by atoms with E-state index in [0.717, 1.165) is 0 Å². The van der Waals surface area contributed by atoms with Crippen LogP contribution in [0.25, 0.3) is 0 Å². The van der Waals surface area contributed by atoms with Gasteiger partial charge in [-0.25, -0.2) is 0 Å². The number of carbonyl (C=O) groups is 4. The summed E-state index contributed by atoms with van der Waals surface area (Å²) in [5, 5.41) is 0. The summed E-state index contributed by atoms with van der Waals surface area (Å²) in [6, 6.07) is 0. The number of carbonyl (C=O) groups excluding carboxylic acids is 4. The fourth-order valence-corrected chi connectivity index (χ4v) is 8.49. The van der Waals surface area contributed by atoms with Crippen molar-refractivity contribution < 1.29 is 31.5 Å². The topological polar surface area (TPSA) is 105 Å². The number of hydrogen-bond donors (Lipinski definition) is 0. The normalized spacial score (nSPS) is 19.3. The standard InChI is InChI=1S/2C12H20O4.Sn/c2*1-7(2)5-9(11(13)14)10(12(15)16)6-8(3)4;/h2*7-8H,5-6H2,1-4H3,(H,13,14)(H,15,16);/q;;+4/p-4. The van der Waals surface area contributed by atoms with Gasteiger partial charge in [0.05, 0.1) is 0 Å². The predicted octanol–water partition coefficient (Wildman–Crippen LogP) is 4.40. The van der Waals surface area contributed by atoms with Crippen molar-refractivity contribution in [2.45, 2.75) is 81.1 Å². The Bertz CT molecular complexity index is 735. The summed E-state index contributed by atoms with van der Waals surface area (Å²) >= 11 is -5.74. The fraction of sp³-hybridized carbons (Fsp3) is 0.667. The van der Waals surface area contributed by atoms with Crippen LogP contribution < -0.4 is 0 Å². The third-order valence-electron chi connectivity index (χ3n) is 5.03. The van der Waals surface area contributed by atoms with Crippen molar-refractivity contribution in [3.63, 3.8) is 0 Å². The van der Waals surface area contributed by atoms with Crippen LogP contribution in [0.3, 0.4) is 0 Å². The minimum atomic E-state index is -5.74. The molecule has 0 unspecified atom stereocenters.